The van der Waals surface area contributed by atoms with Crippen LogP contribution in [0.25, 0.3) is 5.65 Å². The van der Waals surface area contributed by atoms with Crippen molar-refractivity contribution in [3.05, 3.63) is 34.4 Å². The highest BCUT2D eigenvalue weighted by atomic mass is 16.3. The topological polar surface area (TPSA) is 70.4 Å². The minimum atomic E-state index is -0.147. The summed E-state index contributed by atoms with van der Waals surface area (Å²) < 4.78 is 1.36. The van der Waals surface area contributed by atoms with Gasteiger partial charge in [0.05, 0.1) is 6.61 Å². The molecule has 0 amide bonds. The SMILES string of the molecule is CC(CO)c1cc2nccc(=O)n2[nH]1. The Morgan fingerprint density at radius 2 is 2.50 bits per heavy atom. The van der Waals surface area contributed by atoms with E-state index >= 15 is 0 Å². The molecular formula is C9H11N3O2. The largest absolute Gasteiger partial charge is 0.396 e. The van der Waals surface area contributed by atoms with Crippen molar-refractivity contribution in [2.45, 2.75) is 12.8 Å². The average molecular weight is 193 g/mol. The van der Waals surface area contributed by atoms with Gasteiger partial charge in [0, 0.05) is 29.9 Å². The molecule has 0 saturated heterocycles. The first kappa shape index (κ1) is 8.96. The summed E-state index contributed by atoms with van der Waals surface area (Å²) in [7, 11) is 0. The molecule has 2 aromatic rings. The second-order valence-electron chi connectivity index (χ2n) is 3.27. The minimum Gasteiger partial charge on any atom is -0.396 e. The van der Waals surface area contributed by atoms with Crippen molar-refractivity contribution in [1.82, 2.24) is 14.6 Å². The summed E-state index contributed by atoms with van der Waals surface area (Å²) in [6.07, 6.45) is 1.47. The Morgan fingerprint density at radius 3 is 3.14 bits per heavy atom. The van der Waals surface area contributed by atoms with Crippen molar-refractivity contribution in [2.75, 3.05) is 6.61 Å². The molecule has 1 atom stereocenters. The fourth-order valence-electron chi connectivity index (χ4n) is 1.29. The molecule has 5 nitrogen and oxygen atoms in total. The van der Waals surface area contributed by atoms with Crippen LogP contribution >= 0.6 is 0 Å². The number of H-pyrrole nitrogens is 1. The normalized spacial score (nSPS) is 13.3. The first-order valence-corrected chi connectivity index (χ1v) is 4.40. The van der Waals surface area contributed by atoms with Crippen LogP contribution in [-0.2, 0) is 0 Å². The lowest BCUT2D eigenvalue weighted by Gasteiger charge is -2.02. The monoisotopic (exact) mass is 193 g/mol. The molecule has 1 unspecified atom stereocenters. The third-order valence-electron chi connectivity index (χ3n) is 2.20. The molecule has 2 rings (SSSR count). The van der Waals surface area contributed by atoms with Gasteiger partial charge in [-0.3, -0.25) is 9.89 Å². The summed E-state index contributed by atoms with van der Waals surface area (Å²) in [5, 5.41) is 11.9. The summed E-state index contributed by atoms with van der Waals surface area (Å²) in [5.41, 5.74) is 1.24. The van der Waals surface area contributed by atoms with Crippen LogP contribution in [-0.4, -0.2) is 26.3 Å². The van der Waals surface area contributed by atoms with Crippen LogP contribution in [0.1, 0.15) is 18.5 Å². The van der Waals surface area contributed by atoms with E-state index in [1.54, 1.807) is 6.07 Å². The van der Waals surface area contributed by atoms with Gasteiger partial charge < -0.3 is 5.11 Å². The van der Waals surface area contributed by atoms with Gasteiger partial charge in [-0.15, -0.1) is 0 Å². The van der Waals surface area contributed by atoms with Crippen LogP contribution in [0.4, 0.5) is 0 Å². The third kappa shape index (κ3) is 1.31. The van der Waals surface area contributed by atoms with Crippen LogP contribution < -0.4 is 5.56 Å². The van der Waals surface area contributed by atoms with Crippen LogP contribution in [0.3, 0.4) is 0 Å². The highest BCUT2D eigenvalue weighted by molar-refractivity contribution is 5.39. The van der Waals surface area contributed by atoms with Gasteiger partial charge in [-0.25, -0.2) is 9.50 Å². The zero-order chi connectivity index (χ0) is 10.1. The van der Waals surface area contributed by atoms with E-state index in [2.05, 4.69) is 10.1 Å². The number of hydrogen-bond donors (Lipinski definition) is 2. The van der Waals surface area contributed by atoms with Crippen LogP contribution in [0.5, 0.6) is 0 Å². The lowest BCUT2D eigenvalue weighted by molar-refractivity contribution is 0.271. The van der Waals surface area contributed by atoms with Crippen molar-refractivity contribution in [3.8, 4) is 0 Å². The first-order valence-electron chi connectivity index (χ1n) is 4.40. The van der Waals surface area contributed by atoms with Gasteiger partial charge in [-0.05, 0) is 0 Å². The Labute approximate surface area is 80.0 Å². The second-order valence-corrected chi connectivity index (χ2v) is 3.27. The summed E-state index contributed by atoms with van der Waals surface area (Å²) in [5.74, 6) is -0.0175. The zero-order valence-electron chi connectivity index (χ0n) is 7.77. The molecular weight excluding hydrogens is 182 g/mol. The zero-order valence-corrected chi connectivity index (χ0v) is 7.77. The van der Waals surface area contributed by atoms with Crippen LogP contribution in [0.15, 0.2) is 23.1 Å². The maximum Gasteiger partial charge on any atom is 0.272 e. The van der Waals surface area contributed by atoms with Gasteiger partial charge in [0.25, 0.3) is 5.56 Å². The fourth-order valence-corrected chi connectivity index (χ4v) is 1.29. The van der Waals surface area contributed by atoms with Crippen molar-refractivity contribution >= 4 is 5.65 Å². The molecule has 0 aromatic carbocycles. The van der Waals surface area contributed by atoms with E-state index in [0.717, 1.165) is 5.69 Å². The number of hydrogen-bond acceptors (Lipinski definition) is 3. The molecule has 14 heavy (non-hydrogen) atoms. The van der Waals surface area contributed by atoms with E-state index in [1.165, 1.54) is 16.8 Å². The number of fused-ring (bicyclic) bond motifs is 1. The molecule has 0 spiro atoms. The molecule has 0 aliphatic carbocycles. The molecule has 2 N–H and O–H groups in total. The highest BCUT2D eigenvalue weighted by Gasteiger charge is 2.08. The van der Waals surface area contributed by atoms with E-state index in [0.29, 0.717) is 5.65 Å². The maximum atomic E-state index is 11.3. The Bertz CT molecular complexity index is 500. The van der Waals surface area contributed by atoms with Crippen molar-refractivity contribution in [1.29, 1.82) is 0 Å². The number of nitrogens with one attached hydrogen (secondary N) is 1. The Morgan fingerprint density at radius 1 is 1.71 bits per heavy atom. The van der Waals surface area contributed by atoms with Crippen molar-refractivity contribution in [2.24, 2.45) is 0 Å². The van der Waals surface area contributed by atoms with Crippen LogP contribution in [0, 0.1) is 0 Å². The van der Waals surface area contributed by atoms with Gasteiger partial charge >= 0.3 is 0 Å². The van der Waals surface area contributed by atoms with Gasteiger partial charge in [-0.1, -0.05) is 6.92 Å². The number of aliphatic hydroxyl groups excluding tert-OH is 1. The summed E-state index contributed by atoms with van der Waals surface area (Å²) in [6, 6.07) is 3.15. The van der Waals surface area contributed by atoms with Crippen LogP contribution in [0.2, 0.25) is 0 Å². The van der Waals surface area contributed by atoms with Gasteiger partial charge in [0.1, 0.15) is 0 Å². The smallest absolute Gasteiger partial charge is 0.272 e. The van der Waals surface area contributed by atoms with Gasteiger partial charge in [0.2, 0.25) is 0 Å². The number of aliphatic hydroxyl groups is 1. The van der Waals surface area contributed by atoms with E-state index < -0.39 is 0 Å². The van der Waals surface area contributed by atoms with Crippen molar-refractivity contribution < 1.29 is 5.11 Å². The molecule has 2 heterocycles. The highest BCUT2D eigenvalue weighted by Crippen LogP contribution is 2.12. The molecule has 0 radical (unpaired) electrons. The third-order valence-corrected chi connectivity index (χ3v) is 2.20. The van der Waals surface area contributed by atoms with E-state index in [-0.39, 0.29) is 18.1 Å². The lowest BCUT2D eigenvalue weighted by Crippen LogP contribution is -2.13. The maximum absolute atomic E-state index is 11.3. The summed E-state index contributed by atoms with van der Waals surface area (Å²) in [6.45, 7) is 1.91. The van der Waals surface area contributed by atoms with Gasteiger partial charge in [0.15, 0.2) is 5.65 Å². The molecule has 74 valence electrons. The fraction of sp³-hybridized carbons (Fsp3) is 0.333. The molecule has 2 aromatic heterocycles. The van der Waals surface area contributed by atoms with Gasteiger partial charge in [-0.2, -0.15) is 0 Å². The lowest BCUT2D eigenvalue weighted by atomic mass is 10.1. The predicted molar refractivity (Wildman–Crippen MR) is 51.3 cm³/mol. The van der Waals surface area contributed by atoms with E-state index in [9.17, 15) is 4.79 Å². The van der Waals surface area contributed by atoms with Crippen molar-refractivity contribution in [3.63, 3.8) is 0 Å². The quantitative estimate of drug-likeness (QED) is 0.711. The van der Waals surface area contributed by atoms with E-state index in [1.807, 2.05) is 6.92 Å². The Balaban J connectivity index is 2.62. The molecule has 5 heteroatoms. The van der Waals surface area contributed by atoms with E-state index in [4.69, 9.17) is 5.11 Å². The second kappa shape index (κ2) is 3.26. The standard InChI is InChI=1S/C9H11N3O2/c1-6(5-13)7-4-8-10-3-2-9(14)12(8)11-7/h2-4,6,11,13H,5H2,1H3. The average Bonchev–Trinajstić information content (AvgIpc) is 2.62. The molecule has 0 bridgehead atoms. The molecule has 0 fully saturated rings. The predicted octanol–water partition coefficient (Wildman–Crippen LogP) is 0.118. The summed E-state index contributed by atoms with van der Waals surface area (Å²) in [4.78, 5) is 15.4. The molecule has 0 saturated carbocycles. The number of aromatic nitrogens is 3. The molecule has 0 aliphatic heterocycles. The number of aromatic amines is 1. The summed E-state index contributed by atoms with van der Waals surface area (Å²) >= 11 is 0. The first-order chi connectivity index (χ1) is 6.72. The Kier molecular flexibility index (Phi) is 2.09. The number of nitrogens with zero attached hydrogens (tertiary/aromatic N) is 2. The molecule has 0 aliphatic rings. The minimum absolute atomic E-state index is 0.0175. The number of rotatable bonds is 2. The Hall–Kier alpha value is -1.62.